The third-order valence-electron chi connectivity index (χ3n) is 4.91. The predicted octanol–water partition coefficient (Wildman–Crippen LogP) is 5.64. The Labute approximate surface area is 213 Å². The summed E-state index contributed by atoms with van der Waals surface area (Å²) in [5.74, 6) is -0.362. The van der Waals surface area contributed by atoms with Crippen LogP contribution >= 0.6 is 23.2 Å². The van der Waals surface area contributed by atoms with Crippen LogP contribution in [0.1, 0.15) is 16.7 Å². The van der Waals surface area contributed by atoms with Gasteiger partial charge >= 0.3 is 6.18 Å². The highest BCUT2D eigenvalue weighted by Gasteiger charge is 2.35. The van der Waals surface area contributed by atoms with Gasteiger partial charge in [0.1, 0.15) is 18.1 Å². The molecule has 36 heavy (non-hydrogen) atoms. The lowest BCUT2D eigenvalue weighted by atomic mass is 10.00. The molecule has 190 valence electrons. The summed E-state index contributed by atoms with van der Waals surface area (Å²) in [7, 11) is 2.86. The monoisotopic (exact) mass is 542 g/mol. The van der Waals surface area contributed by atoms with Crippen LogP contribution in [0.3, 0.4) is 0 Å². The minimum atomic E-state index is -4.74. The van der Waals surface area contributed by atoms with Crippen molar-refractivity contribution in [2.45, 2.75) is 12.8 Å². The molecule has 3 aromatic rings. The zero-order valence-electron chi connectivity index (χ0n) is 18.9. The van der Waals surface area contributed by atoms with Gasteiger partial charge < -0.3 is 25.3 Å². The Morgan fingerprint density at radius 3 is 2.19 bits per heavy atom. The number of amides is 1. The van der Waals surface area contributed by atoms with Crippen molar-refractivity contribution in [2.24, 2.45) is 5.73 Å². The second-order valence-corrected chi connectivity index (χ2v) is 7.87. The summed E-state index contributed by atoms with van der Waals surface area (Å²) in [6.07, 6.45) is -2.28. The Balaban J connectivity index is 1.86. The van der Waals surface area contributed by atoms with Crippen LogP contribution in [0.5, 0.6) is 17.2 Å². The zero-order valence-corrected chi connectivity index (χ0v) is 20.4. The van der Waals surface area contributed by atoms with Gasteiger partial charge in [-0.3, -0.25) is 4.79 Å². The minimum absolute atomic E-state index is 0.110. The number of nitrogens with one attached hydrogen (secondary N) is 1. The smallest absolute Gasteiger partial charge is 0.418 e. The van der Waals surface area contributed by atoms with Gasteiger partial charge in [-0.2, -0.15) is 13.2 Å². The number of benzene rings is 2. The standard InChI is InChI=1S/C23H19Cl2F3N4O4/c1-11(21(29)33)13-5-4-6-15(23(26,27)28)20(13)32-22-30-8-12(9-31-22)36-10-14-18(24)16(34-2)7-17(35-3)19(14)25/h4-9H,1,10H2,2-3H3,(H2,29,33)(H,30,31,32). The molecule has 0 fully saturated rings. The van der Waals surface area contributed by atoms with Crippen molar-refractivity contribution in [1.82, 2.24) is 9.97 Å². The van der Waals surface area contributed by atoms with E-state index >= 15 is 0 Å². The number of para-hydroxylation sites is 1. The molecule has 1 heterocycles. The molecule has 0 saturated heterocycles. The topological polar surface area (TPSA) is 109 Å². The molecule has 0 aliphatic heterocycles. The molecule has 3 N–H and O–H groups in total. The van der Waals surface area contributed by atoms with E-state index in [1.165, 1.54) is 38.7 Å². The van der Waals surface area contributed by atoms with Gasteiger partial charge in [-0.05, 0) is 6.07 Å². The fourth-order valence-electron chi connectivity index (χ4n) is 3.09. The first-order chi connectivity index (χ1) is 17.0. The summed E-state index contributed by atoms with van der Waals surface area (Å²) >= 11 is 12.6. The predicted molar refractivity (Wildman–Crippen MR) is 129 cm³/mol. The van der Waals surface area contributed by atoms with Gasteiger partial charge in [0.05, 0.1) is 47.9 Å². The number of rotatable bonds is 9. The summed E-state index contributed by atoms with van der Waals surface area (Å²) in [5, 5.41) is 2.92. The number of alkyl halides is 3. The number of anilines is 2. The van der Waals surface area contributed by atoms with Crippen molar-refractivity contribution in [3.8, 4) is 17.2 Å². The van der Waals surface area contributed by atoms with Crippen LogP contribution < -0.4 is 25.3 Å². The molecular weight excluding hydrogens is 524 g/mol. The fraction of sp³-hybridized carbons (Fsp3) is 0.174. The average Bonchev–Trinajstić information content (AvgIpc) is 2.84. The van der Waals surface area contributed by atoms with E-state index in [0.717, 1.165) is 12.1 Å². The first kappa shape index (κ1) is 26.9. The van der Waals surface area contributed by atoms with Crippen molar-refractivity contribution in [2.75, 3.05) is 19.5 Å². The SMILES string of the molecule is C=C(C(N)=O)c1cccc(C(F)(F)F)c1Nc1ncc(OCc2c(Cl)c(OC)cc(OC)c2Cl)cn1. The van der Waals surface area contributed by atoms with E-state index in [-0.39, 0.29) is 39.5 Å². The lowest BCUT2D eigenvalue weighted by Crippen LogP contribution is -2.16. The zero-order chi connectivity index (χ0) is 26.6. The fourth-order valence-corrected chi connectivity index (χ4v) is 3.70. The molecule has 1 amide bonds. The van der Waals surface area contributed by atoms with Gasteiger partial charge in [0.25, 0.3) is 0 Å². The molecule has 2 aromatic carbocycles. The molecule has 1 aromatic heterocycles. The number of nitrogens with two attached hydrogens (primary N) is 1. The van der Waals surface area contributed by atoms with E-state index in [9.17, 15) is 18.0 Å². The van der Waals surface area contributed by atoms with Crippen LogP contribution in [0.2, 0.25) is 10.0 Å². The molecule has 0 aliphatic rings. The van der Waals surface area contributed by atoms with Gasteiger partial charge in [-0.1, -0.05) is 41.9 Å². The van der Waals surface area contributed by atoms with Crippen LogP contribution in [-0.2, 0) is 17.6 Å². The summed E-state index contributed by atoms with van der Waals surface area (Å²) in [6.45, 7) is 3.36. The van der Waals surface area contributed by atoms with E-state index < -0.39 is 23.3 Å². The third kappa shape index (κ3) is 5.74. The van der Waals surface area contributed by atoms with Crippen LogP contribution in [0.25, 0.3) is 5.57 Å². The number of hydrogen-bond acceptors (Lipinski definition) is 7. The van der Waals surface area contributed by atoms with E-state index in [0.29, 0.717) is 17.1 Å². The van der Waals surface area contributed by atoms with Crippen LogP contribution in [0.4, 0.5) is 24.8 Å². The highest BCUT2D eigenvalue weighted by molar-refractivity contribution is 6.37. The lowest BCUT2D eigenvalue weighted by molar-refractivity contribution is -0.137. The molecule has 0 spiro atoms. The molecule has 13 heteroatoms. The van der Waals surface area contributed by atoms with Gasteiger partial charge in [-0.25, -0.2) is 9.97 Å². The van der Waals surface area contributed by atoms with Crippen LogP contribution in [0.15, 0.2) is 43.2 Å². The van der Waals surface area contributed by atoms with Gasteiger partial charge in [-0.15, -0.1) is 0 Å². The van der Waals surface area contributed by atoms with Gasteiger partial charge in [0.15, 0.2) is 5.75 Å². The van der Waals surface area contributed by atoms with E-state index in [4.69, 9.17) is 43.1 Å². The molecule has 0 bridgehead atoms. The highest BCUT2D eigenvalue weighted by atomic mass is 35.5. The van der Waals surface area contributed by atoms with Crippen LogP contribution in [0, 0.1) is 0 Å². The normalized spacial score (nSPS) is 11.1. The van der Waals surface area contributed by atoms with Gasteiger partial charge in [0.2, 0.25) is 11.9 Å². The Bertz CT molecular complexity index is 1270. The number of primary amides is 1. The summed E-state index contributed by atoms with van der Waals surface area (Å²) in [6, 6.07) is 4.78. The molecule has 0 atom stereocenters. The number of carbonyl (C=O) groups is 1. The largest absolute Gasteiger partial charge is 0.495 e. The summed E-state index contributed by atoms with van der Waals surface area (Å²) in [5.41, 5.74) is 3.62. The number of carbonyl (C=O) groups excluding carboxylic acids is 1. The third-order valence-corrected chi connectivity index (χ3v) is 5.73. The Hall–Kier alpha value is -3.70. The Kier molecular flexibility index (Phi) is 8.16. The van der Waals surface area contributed by atoms with Crippen molar-refractivity contribution in [3.63, 3.8) is 0 Å². The van der Waals surface area contributed by atoms with Gasteiger partial charge in [0, 0.05) is 22.8 Å². The van der Waals surface area contributed by atoms with Crippen molar-refractivity contribution in [3.05, 3.63) is 70.0 Å². The average molecular weight is 543 g/mol. The second-order valence-electron chi connectivity index (χ2n) is 7.11. The number of halogens is 5. The molecule has 3 rings (SSSR count). The van der Waals surface area contributed by atoms with Crippen molar-refractivity contribution < 1.29 is 32.2 Å². The summed E-state index contributed by atoms with van der Waals surface area (Å²) < 4.78 is 56.9. The lowest BCUT2D eigenvalue weighted by Gasteiger charge is -2.18. The molecule has 8 nitrogen and oxygen atoms in total. The molecule has 0 radical (unpaired) electrons. The molecular formula is C23H19Cl2F3N4O4. The molecule has 0 saturated carbocycles. The highest BCUT2D eigenvalue weighted by Crippen LogP contribution is 2.41. The number of ether oxygens (including phenoxy) is 3. The second kappa shape index (κ2) is 10.9. The first-order valence-corrected chi connectivity index (χ1v) is 10.7. The number of hydrogen-bond donors (Lipinski definition) is 2. The first-order valence-electron chi connectivity index (χ1n) is 9.97. The van der Waals surface area contributed by atoms with Crippen molar-refractivity contribution in [1.29, 1.82) is 0 Å². The number of nitrogens with zero attached hydrogens (tertiary/aromatic N) is 2. The number of aromatic nitrogens is 2. The van der Waals surface area contributed by atoms with Crippen LogP contribution in [-0.4, -0.2) is 30.1 Å². The molecule has 0 unspecified atom stereocenters. The van der Waals surface area contributed by atoms with E-state index in [2.05, 4.69) is 21.9 Å². The maximum absolute atomic E-state index is 13.6. The molecule has 0 aliphatic carbocycles. The number of methoxy groups -OCH3 is 2. The summed E-state index contributed by atoms with van der Waals surface area (Å²) in [4.78, 5) is 19.5. The maximum Gasteiger partial charge on any atom is 0.418 e. The maximum atomic E-state index is 13.6. The quantitative estimate of drug-likeness (QED) is 0.336. The van der Waals surface area contributed by atoms with E-state index in [1.54, 1.807) is 0 Å². The van der Waals surface area contributed by atoms with Crippen molar-refractivity contribution >= 4 is 46.3 Å². The minimum Gasteiger partial charge on any atom is -0.495 e. The Morgan fingerprint density at radius 1 is 1.11 bits per heavy atom. The Morgan fingerprint density at radius 2 is 1.69 bits per heavy atom. The van der Waals surface area contributed by atoms with E-state index in [1.807, 2.05) is 0 Å².